The number of nitrogens with zero attached hydrogens (tertiary/aromatic N) is 2. The highest BCUT2D eigenvalue weighted by molar-refractivity contribution is 7.13. The number of amides is 1. The number of aryl methyl sites for hydroxylation is 1. The fourth-order valence-electron chi connectivity index (χ4n) is 3.14. The van der Waals surface area contributed by atoms with Gasteiger partial charge in [0.15, 0.2) is 0 Å². The van der Waals surface area contributed by atoms with Crippen molar-refractivity contribution < 1.29 is 9.53 Å². The van der Waals surface area contributed by atoms with E-state index in [2.05, 4.69) is 5.32 Å². The van der Waals surface area contributed by atoms with Crippen LogP contribution in [-0.4, -0.2) is 22.6 Å². The Kier molecular flexibility index (Phi) is 5.44. The summed E-state index contributed by atoms with van der Waals surface area (Å²) in [7, 11) is 1.59. The lowest BCUT2D eigenvalue weighted by atomic mass is 10.2. The molecule has 29 heavy (non-hydrogen) atoms. The fraction of sp³-hybridized carbons (Fsp3) is 0.130. The molecular formula is C23H21N3O2S. The van der Waals surface area contributed by atoms with E-state index in [1.807, 2.05) is 83.7 Å². The van der Waals surface area contributed by atoms with Crippen LogP contribution in [0.1, 0.15) is 5.56 Å². The standard InChI is InChI=1S/C23H21N3O2S/c1-16-10-11-21(28-2)18(13-16)24-22(27)14-26-12-6-9-20(26)23-25-19(15-29-23)17-7-4-3-5-8-17/h3-13,15H,14H2,1-2H3,(H,24,27). The summed E-state index contributed by atoms with van der Waals surface area (Å²) in [6, 6.07) is 19.7. The highest BCUT2D eigenvalue weighted by atomic mass is 32.1. The monoisotopic (exact) mass is 403 g/mol. The van der Waals surface area contributed by atoms with Crippen LogP contribution in [0.15, 0.2) is 72.2 Å². The van der Waals surface area contributed by atoms with Crippen molar-refractivity contribution in [1.29, 1.82) is 0 Å². The molecule has 0 bridgehead atoms. The van der Waals surface area contributed by atoms with E-state index >= 15 is 0 Å². The number of hydrogen-bond acceptors (Lipinski definition) is 4. The zero-order chi connectivity index (χ0) is 20.2. The average molecular weight is 404 g/mol. The molecule has 0 saturated heterocycles. The topological polar surface area (TPSA) is 56.1 Å². The Bertz CT molecular complexity index is 1130. The Morgan fingerprint density at radius 1 is 1.14 bits per heavy atom. The molecule has 1 N–H and O–H groups in total. The molecule has 0 saturated carbocycles. The van der Waals surface area contributed by atoms with Crippen LogP contribution in [0.2, 0.25) is 0 Å². The number of aromatic nitrogens is 2. The Labute approximate surface area is 173 Å². The number of carbonyl (C=O) groups is 1. The second-order valence-corrected chi connectivity index (χ2v) is 7.54. The minimum Gasteiger partial charge on any atom is -0.495 e. The fourth-order valence-corrected chi connectivity index (χ4v) is 4.01. The third-order valence-corrected chi connectivity index (χ3v) is 5.43. The van der Waals surface area contributed by atoms with Crippen LogP contribution in [0.5, 0.6) is 5.75 Å². The molecule has 0 aliphatic heterocycles. The molecule has 146 valence electrons. The van der Waals surface area contributed by atoms with Gasteiger partial charge in [0, 0.05) is 17.1 Å². The van der Waals surface area contributed by atoms with E-state index in [-0.39, 0.29) is 12.5 Å². The van der Waals surface area contributed by atoms with Crippen LogP contribution < -0.4 is 10.1 Å². The predicted octanol–water partition coefficient (Wildman–Crippen LogP) is 5.23. The van der Waals surface area contributed by atoms with Gasteiger partial charge in [-0.3, -0.25) is 4.79 Å². The number of carbonyl (C=O) groups excluding carboxylic acids is 1. The summed E-state index contributed by atoms with van der Waals surface area (Å²) in [5.74, 6) is 0.523. The lowest BCUT2D eigenvalue weighted by Crippen LogP contribution is -2.19. The third kappa shape index (κ3) is 4.22. The van der Waals surface area contributed by atoms with E-state index < -0.39 is 0 Å². The molecule has 0 aliphatic rings. The Hall–Kier alpha value is -3.38. The van der Waals surface area contributed by atoms with Gasteiger partial charge < -0.3 is 14.6 Å². The molecule has 0 unspecified atom stereocenters. The zero-order valence-electron chi connectivity index (χ0n) is 16.3. The number of nitrogens with one attached hydrogen (secondary N) is 1. The summed E-state index contributed by atoms with van der Waals surface area (Å²) < 4.78 is 7.25. The van der Waals surface area contributed by atoms with E-state index in [4.69, 9.17) is 9.72 Å². The van der Waals surface area contributed by atoms with E-state index in [1.54, 1.807) is 18.4 Å². The van der Waals surface area contributed by atoms with E-state index in [0.717, 1.165) is 27.5 Å². The van der Waals surface area contributed by atoms with Gasteiger partial charge in [0.05, 0.1) is 24.2 Å². The van der Waals surface area contributed by atoms with E-state index in [1.165, 1.54) is 0 Å². The molecule has 0 aliphatic carbocycles. The van der Waals surface area contributed by atoms with Gasteiger partial charge >= 0.3 is 0 Å². The smallest absolute Gasteiger partial charge is 0.244 e. The van der Waals surface area contributed by atoms with Crippen molar-refractivity contribution in [3.05, 3.63) is 77.8 Å². The van der Waals surface area contributed by atoms with Crippen molar-refractivity contribution in [3.8, 4) is 27.7 Å². The number of anilines is 1. The summed E-state index contributed by atoms with van der Waals surface area (Å²) in [6.45, 7) is 2.17. The largest absolute Gasteiger partial charge is 0.495 e. The van der Waals surface area contributed by atoms with Crippen LogP contribution in [0.3, 0.4) is 0 Å². The first-order valence-corrected chi connectivity index (χ1v) is 10.1. The van der Waals surface area contributed by atoms with Gasteiger partial charge in [-0.2, -0.15) is 0 Å². The molecular weight excluding hydrogens is 382 g/mol. The Morgan fingerprint density at radius 3 is 2.76 bits per heavy atom. The SMILES string of the molecule is COc1ccc(C)cc1NC(=O)Cn1cccc1-c1nc(-c2ccccc2)cs1. The maximum Gasteiger partial charge on any atom is 0.244 e. The lowest BCUT2D eigenvalue weighted by molar-refractivity contribution is -0.116. The van der Waals surface area contributed by atoms with Gasteiger partial charge in [0.2, 0.25) is 5.91 Å². The summed E-state index contributed by atoms with van der Waals surface area (Å²) >= 11 is 1.57. The van der Waals surface area contributed by atoms with Crippen molar-refractivity contribution >= 4 is 22.9 Å². The lowest BCUT2D eigenvalue weighted by Gasteiger charge is -2.12. The molecule has 0 fully saturated rings. The average Bonchev–Trinajstić information content (AvgIpc) is 3.38. The number of ether oxygens (including phenoxy) is 1. The molecule has 0 atom stereocenters. The first-order chi connectivity index (χ1) is 14.1. The van der Waals surface area contributed by atoms with Crippen LogP contribution in [0.4, 0.5) is 5.69 Å². The van der Waals surface area contributed by atoms with Gasteiger partial charge in [-0.05, 0) is 36.8 Å². The quantitative estimate of drug-likeness (QED) is 0.479. The number of rotatable bonds is 6. The van der Waals surface area contributed by atoms with Gasteiger partial charge in [0.1, 0.15) is 17.3 Å². The van der Waals surface area contributed by atoms with Crippen molar-refractivity contribution in [1.82, 2.24) is 9.55 Å². The first kappa shape index (κ1) is 19.0. The van der Waals surface area contributed by atoms with Crippen molar-refractivity contribution in [2.75, 3.05) is 12.4 Å². The molecule has 2 aromatic heterocycles. The zero-order valence-corrected chi connectivity index (χ0v) is 17.1. The third-order valence-electron chi connectivity index (χ3n) is 4.57. The van der Waals surface area contributed by atoms with E-state index in [9.17, 15) is 4.79 Å². The molecule has 1 amide bonds. The molecule has 2 heterocycles. The summed E-state index contributed by atoms with van der Waals surface area (Å²) in [5, 5.41) is 5.87. The second-order valence-electron chi connectivity index (χ2n) is 6.68. The van der Waals surface area contributed by atoms with Gasteiger partial charge in [-0.25, -0.2) is 4.98 Å². The molecule has 0 spiro atoms. The first-order valence-electron chi connectivity index (χ1n) is 9.25. The number of hydrogen-bond donors (Lipinski definition) is 1. The number of benzene rings is 2. The Balaban J connectivity index is 1.52. The Morgan fingerprint density at radius 2 is 1.97 bits per heavy atom. The van der Waals surface area contributed by atoms with Gasteiger partial charge in [-0.15, -0.1) is 11.3 Å². The summed E-state index contributed by atoms with van der Waals surface area (Å²) in [5.41, 5.74) is 4.67. The number of thiazole rings is 1. The maximum absolute atomic E-state index is 12.7. The molecule has 6 heteroatoms. The van der Waals surface area contributed by atoms with Gasteiger partial charge in [0.25, 0.3) is 0 Å². The highest BCUT2D eigenvalue weighted by Gasteiger charge is 2.14. The second kappa shape index (κ2) is 8.32. The van der Waals surface area contributed by atoms with E-state index in [0.29, 0.717) is 11.4 Å². The van der Waals surface area contributed by atoms with Crippen LogP contribution >= 0.6 is 11.3 Å². The van der Waals surface area contributed by atoms with Crippen LogP contribution in [0, 0.1) is 6.92 Å². The number of methoxy groups -OCH3 is 1. The minimum atomic E-state index is -0.119. The molecule has 4 aromatic rings. The normalized spacial score (nSPS) is 10.7. The highest BCUT2D eigenvalue weighted by Crippen LogP contribution is 2.29. The minimum absolute atomic E-state index is 0.119. The maximum atomic E-state index is 12.7. The summed E-state index contributed by atoms with van der Waals surface area (Å²) in [4.78, 5) is 17.4. The molecule has 2 aromatic carbocycles. The van der Waals surface area contributed by atoms with Crippen molar-refractivity contribution in [2.24, 2.45) is 0 Å². The van der Waals surface area contributed by atoms with Crippen LogP contribution in [-0.2, 0) is 11.3 Å². The van der Waals surface area contributed by atoms with Crippen LogP contribution in [0.25, 0.3) is 22.0 Å². The van der Waals surface area contributed by atoms with Crippen molar-refractivity contribution in [2.45, 2.75) is 13.5 Å². The van der Waals surface area contributed by atoms with Crippen molar-refractivity contribution in [3.63, 3.8) is 0 Å². The predicted molar refractivity (Wildman–Crippen MR) is 117 cm³/mol. The molecule has 4 rings (SSSR count). The molecule has 5 nitrogen and oxygen atoms in total. The van der Waals surface area contributed by atoms with Gasteiger partial charge in [-0.1, -0.05) is 36.4 Å². The molecule has 0 radical (unpaired) electrons. The summed E-state index contributed by atoms with van der Waals surface area (Å²) in [6.07, 6.45) is 1.89.